The Labute approximate surface area is 142 Å². The minimum atomic E-state index is -0.180. The molecule has 2 aliphatic carbocycles. The van der Waals surface area contributed by atoms with Crippen molar-refractivity contribution in [1.82, 2.24) is 14.9 Å². The highest BCUT2D eigenvalue weighted by Gasteiger charge is 2.42. The molecule has 5 nitrogen and oxygen atoms in total. The van der Waals surface area contributed by atoms with Crippen LogP contribution in [0.15, 0.2) is 33.8 Å². The van der Waals surface area contributed by atoms with Crippen molar-refractivity contribution < 1.29 is 4.79 Å². The van der Waals surface area contributed by atoms with Crippen LogP contribution >= 0.6 is 15.9 Å². The van der Waals surface area contributed by atoms with E-state index in [0.29, 0.717) is 28.8 Å². The van der Waals surface area contributed by atoms with Crippen LogP contribution in [0.4, 0.5) is 0 Å². The number of halogens is 1. The molecule has 4 rings (SSSR count). The van der Waals surface area contributed by atoms with E-state index in [-0.39, 0.29) is 18.0 Å². The molecule has 23 heavy (non-hydrogen) atoms. The Morgan fingerprint density at radius 1 is 1.30 bits per heavy atom. The van der Waals surface area contributed by atoms with E-state index in [9.17, 15) is 9.59 Å². The van der Waals surface area contributed by atoms with Gasteiger partial charge in [-0.25, -0.2) is 4.98 Å². The fraction of sp³-hybridized carbons (Fsp3) is 0.471. The largest absolute Gasteiger partial charge is 0.351 e. The number of hydrogen-bond donors (Lipinski definition) is 1. The van der Waals surface area contributed by atoms with Crippen LogP contribution in [0.2, 0.25) is 0 Å². The minimum absolute atomic E-state index is 0.0320. The second-order valence-corrected chi connectivity index (χ2v) is 7.52. The van der Waals surface area contributed by atoms with Crippen molar-refractivity contribution >= 4 is 32.7 Å². The van der Waals surface area contributed by atoms with Crippen LogP contribution in [0.25, 0.3) is 10.9 Å². The fourth-order valence-corrected chi connectivity index (χ4v) is 3.52. The highest BCUT2D eigenvalue weighted by molar-refractivity contribution is 9.10. The first-order chi connectivity index (χ1) is 11.1. The minimum Gasteiger partial charge on any atom is -0.351 e. The maximum absolute atomic E-state index is 12.5. The third-order valence-electron chi connectivity index (χ3n) is 4.69. The van der Waals surface area contributed by atoms with Crippen molar-refractivity contribution in [2.24, 2.45) is 11.8 Å². The van der Waals surface area contributed by atoms with E-state index in [1.807, 2.05) is 6.07 Å². The quantitative estimate of drug-likeness (QED) is 0.872. The van der Waals surface area contributed by atoms with Gasteiger partial charge in [0.2, 0.25) is 5.91 Å². The van der Waals surface area contributed by atoms with Gasteiger partial charge < -0.3 is 5.32 Å². The number of aromatic nitrogens is 2. The molecule has 2 saturated carbocycles. The Morgan fingerprint density at radius 3 is 2.65 bits per heavy atom. The summed E-state index contributed by atoms with van der Waals surface area (Å²) in [4.78, 5) is 29.1. The van der Waals surface area contributed by atoms with Gasteiger partial charge in [0.05, 0.1) is 17.2 Å². The summed E-state index contributed by atoms with van der Waals surface area (Å²) in [7, 11) is 0. The van der Waals surface area contributed by atoms with Crippen LogP contribution < -0.4 is 10.9 Å². The molecule has 1 N–H and O–H groups in total. The summed E-state index contributed by atoms with van der Waals surface area (Å²) in [5, 5.41) is 3.66. The number of nitrogens with one attached hydrogen (secondary N) is 1. The second-order valence-electron chi connectivity index (χ2n) is 6.61. The van der Waals surface area contributed by atoms with Crippen LogP contribution in [-0.4, -0.2) is 21.5 Å². The van der Waals surface area contributed by atoms with Crippen molar-refractivity contribution in [2.75, 3.05) is 0 Å². The van der Waals surface area contributed by atoms with Crippen LogP contribution in [-0.2, 0) is 11.3 Å². The molecule has 0 unspecified atom stereocenters. The Balaban J connectivity index is 1.53. The summed E-state index contributed by atoms with van der Waals surface area (Å²) in [6.45, 7) is 0.0320. The molecule has 2 aromatic rings. The fourth-order valence-electron chi connectivity index (χ4n) is 3.16. The van der Waals surface area contributed by atoms with Gasteiger partial charge in [-0.05, 0) is 55.7 Å². The smallest absolute Gasteiger partial charge is 0.261 e. The lowest BCUT2D eigenvalue weighted by Crippen LogP contribution is -2.41. The molecule has 120 valence electrons. The number of benzene rings is 1. The van der Waals surface area contributed by atoms with Gasteiger partial charge in [0, 0.05) is 10.5 Å². The van der Waals surface area contributed by atoms with Crippen LogP contribution in [0.5, 0.6) is 0 Å². The van der Waals surface area contributed by atoms with Gasteiger partial charge in [0.1, 0.15) is 6.54 Å². The maximum Gasteiger partial charge on any atom is 0.261 e. The van der Waals surface area contributed by atoms with Gasteiger partial charge in [0.15, 0.2) is 0 Å². The first-order valence-electron chi connectivity index (χ1n) is 8.06. The van der Waals surface area contributed by atoms with Crippen LogP contribution in [0, 0.1) is 11.8 Å². The highest BCUT2D eigenvalue weighted by atomic mass is 79.9. The molecule has 2 fully saturated rings. The van der Waals surface area contributed by atoms with Gasteiger partial charge in [-0.2, -0.15) is 0 Å². The molecule has 0 saturated heterocycles. The summed E-state index contributed by atoms with van der Waals surface area (Å²) in [5.74, 6) is 1.20. The average Bonchev–Trinajstić information content (AvgIpc) is 3.41. The van der Waals surface area contributed by atoms with Crippen molar-refractivity contribution in [1.29, 1.82) is 0 Å². The van der Waals surface area contributed by atoms with E-state index in [0.717, 1.165) is 4.47 Å². The standard InChI is InChI=1S/C17H18BrN3O2/c18-12-5-6-14-13(7-12)17(23)21(9-19-14)8-15(22)20-16(10-1-2-10)11-3-4-11/h5-7,9-11,16H,1-4,8H2,(H,20,22). The number of rotatable bonds is 5. The van der Waals surface area contributed by atoms with Gasteiger partial charge in [-0.15, -0.1) is 0 Å². The molecule has 0 spiro atoms. The molecule has 0 aliphatic heterocycles. The van der Waals surface area contributed by atoms with E-state index in [2.05, 4.69) is 26.2 Å². The molecular formula is C17H18BrN3O2. The van der Waals surface area contributed by atoms with Gasteiger partial charge >= 0.3 is 0 Å². The predicted octanol–water partition coefficient (Wildman–Crippen LogP) is 2.46. The van der Waals surface area contributed by atoms with E-state index in [4.69, 9.17) is 0 Å². The number of carbonyl (C=O) groups excluding carboxylic acids is 1. The summed E-state index contributed by atoms with van der Waals surface area (Å²) >= 11 is 3.37. The number of hydrogen-bond acceptors (Lipinski definition) is 3. The van der Waals surface area contributed by atoms with E-state index < -0.39 is 0 Å². The summed E-state index contributed by atoms with van der Waals surface area (Å²) in [6.07, 6.45) is 6.32. The monoisotopic (exact) mass is 375 g/mol. The second kappa shape index (κ2) is 5.74. The zero-order valence-electron chi connectivity index (χ0n) is 12.7. The molecule has 6 heteroatoms. The van der Waals surface area contributed by atoms with Gasteiger partial charge in [-0.1, -0.05) is 15.9 Å². The lowest BCUT2D eigenvalue weighted by Gasteiger charge is -2.18. The molecule has 0 bridgehead atoms. The van der Waals surface area contributed by atoms with E-state index in [1.54, 1.807) is 12.1 Å². The average molecular weight is 376 g/mol. The van der Waals surface area contributed by atoms with Crippen molar-refractivity contribution in [3.8, 4) is 0 Å². The Kier molecular flexibility index (Phi) is 3.71. The zero-order chi connectivity index (χ0) is 16.0. The van der Waals surface area contributed by atoms with Gasteiger partial charge in [-0.3, -0.25) is 14.2 Å². The Morgan fingerprint density at radius 2 is 2.00 bits per heavy atom. The van der Waals surface area contributed by atoms with E-state index >= 15 is 0 Å². The van der Waals surface area contributed by atoms with Crippen LogP contribution in [0.3, 0.4) is 0 Å². The normalized spacial score (nSPS) is 17.7. The summed E-state index contributed by atoms with van der Waals surface area (Å²) in [6, 6.07) is 5.69. The number of nitrogens with zero attached hydrogens (tertiary/aromatic N) is 2. The molecular weight excluding hydrogens is 358 g/mol. The highest BCUT2D eigenvalue weighted by Crippen LogP contribution is 2.44. The first kappa shape index (κ1) is 14.9. The molecule has 1 amide bonds. The molecule has 1 aromatic carbocycles. The summed E-state index contributed by atoms with van der Waals surface area (Å²) in [5.41, 5.74) is 0.463. The Hall–Kier alpha value is -1.69. The SMILES string of the molecule is O=C(Cn1cnc2ccc(Br)cc2c1=O)NC(C1CC1)C1CC1. The maximum atomic E-state index is 12.5. The number of amides is 1. The Bertz CT molecular complexity index is 812. The predicted molar refractivity (Wildman–Crippen MR) is 91.1 cm³/mol. The van der Waals surface area contributed by atoms with E-state index in [1.165, 1.54) is 36.6 Å². The third-order valence-corrected chi connectivity index (χ3v) is 5.18. The summed E-state index contributed by atoms with van der Waals surface area (Å²) < 4.78 is 2.22. The zero-order valence-corrected chi connectivity index (χ0v) is 14.3. The van der Waals surface area contributed by atoms with Gasteiger partial charge in [0.25, 0.3) is 5.56 Å². The van der Waals surface area contributed by atoms with Crippen molar-refractivity contribution in [3.05, 3.63) is 39.4 Å². The van der Waals surface area contributed by atoms with Crippen molar-refractivity contribution in [2.45, 2.75) is 38.3 Å². The molecule has 2 aliphatic rings. The lowest BCUT2D eigenvalue weighted by atomic mass is 10.1. The molecule has 1 heterocycles. The van der Waals surface area contributed by atoms with Crippen molar-refractivity contribution in [3.63, 3.8) is 0 Å². The molecule has 0 radical (unpaired) electrons. The number of fused-ring (bicyclic) bond motifs is 1. The first-order valence-corrected chi connectivity index (χ1v) is 8.85. The molecule has 1 aromatic heterocycles. The topological polar surface area (TPSA) is 64.0 Å². The van der Waals surface area contributed by atoms with Crippen LogP contribution in [0.1, 0.15) is 25.7 Å². The third kappa shape index (κ3) is 3.17. The lowest BCUT2D eigenvalue weighted by molar-refractivity contribution is -0.122. The number of carbonyl (C=O) groups is 1. The molecule has 0 atom stereocenters.